The number of ether oxygens (including phenoxy) is 1. The van der Waals surface area contributed by atoms with Gasteiger partial charge >= 0.3 is 0 Å². The topological polar surface area (TPSA) is 41.6 Å². The second-order valence-corrected chi connectivity index (χ2v) is 6.90. The molecule has 25 heavy (non-hydrogen) atoms. The molecule has 0 aromatic heterocycles. The number of carbonyl (C=O) groups excluding carboxylic acids is 1. The van der Waals surface area contributed by atoms with Crippen molar-refractivity contribution in [2.24, 2.45) is 0 Å². The highest BCUT2D eigenvalue weighted by atomic mass is 35.5. The summed E-state index contributed by atoms with van der Waals surface area (Å²) in [6.07, 6.45) is -0.667. The Balaban J connectivity index is 1.96. The summed E-state index contributed by atoms with van der Waals surface area (Å²) in [5.74, 6) is 0.229. The molecule has 6 heteroatoms. The number of benzene rings is 2. The van der Waals surface area contributed by atoms with Crippen molar-refractivity contribution in [2.75, 3.05) is 14.1 Å². The maximum atomic E-state index is 12.3. The molecule has 0 bridgehead atoms. The largest absolute Gasteiger partial charge is 0.479 e. The number of amides is 1. The summed E-state index contributed by atoms with van der Waals surface area (Å²) in [5.41, 5.74) is 2.27. The van der Waals surface area contributed by atoms with Gasteiger partial charge in [0.2, 0.25) is 0 Å². The van der Waals surface area contributed by atoms with E-state index in [1.807, 2.05) is 32.3 Å². The van der Waals surface area contributed by atoms with Crippen molar-refractivity contribution in [2.45, 2.75) is 26.1 Å². The fraction of sp³-hybridized carbons (Fsp3) is 0.316. The summed E-state index contributed by atoms with van der Waals surface area (Å²) in [4.78, 5) is 14.4. The highest BCUT2D eigenvalue weighted by Gasteiger charge is 2.16. The normalized spacial score (nSPS) is 12.1. The van der Waals surface area contributed by atoms with E-state index in [2.05, 4.69) is 16.3 Å². The van der Waals surface area contributed by atoms with Gasteiger partial charge in [0.05, 0.1) is 5.02 Å². The molecule has 134 valence electrons. The number of hydrogen-bond acceptors (Lipinski definition) is 3. The molecular formula is C19H22Cl2N2O2. The smallest absolute Gasteiger partial charge is 0.261 e. The number of nitrogens with zero attached hydrogens (tertiary/aromatic N) is 1. The van der Waals surface area contributed by atoms with E-state index in [9.17, 15) is 4.79 Å². The van der Waals surface area contributed by atoms with E-state index < -0.39 is 6.10 Å². The van der Waals surface area contributed by atoms with Crippen LogP contribution >= 0.6 is 23.2 Å². The standard InChI is InChI=1S/C19H22Cl2N2O2/c1-13(25-18-9-8-16(20)10-17(18)21)19(24)22-11-14-6-4-5-7-15(14)12-23(2)3/h4-10,13H,11-12H2,1-3H3,(H,22,24). The Labute approximate surface area is 158 Å². The van der Waals surface area contributed by atoms with Crippen LogP contribution in [0.4, 0.5) is 0 Å². The van der Waals surface area contributed by atoms with Crippen LogP contribution in [0.25, 0.3) is 0 Å². The predicted molar refractivity (Wildman–Crippen MR) is 102 cm³/mol. The van der Waals surface area contributed by atoms with Gasteiger partial charge in [0, 0.05) is 18.1 Å². The first-order valence-electron chi connectivity index (χ1n) is 7.97. The summed E-state index contributed by atoms with van der Waals surface area (Å²) in [6, 6.07) is 13.0. The number of nitrogens with one attached hydrogen (secondary N) is 1. The van der Waals surface area contributed by atoms with Gasteiger partial charge in [-0.25, -0.2) is 0 Å². The lowest BCUT2D eigenvalue weighted by molar-refractivity contribution is -0.127. The molecule has 1 atom stereocenters. The summed E-state index contributed by atoms with van der Waals surface area (Å²) in [5, 5.41) is 3.81. The third-order valence-electron chi connectivity index (χ3n) is 3.62. The van der Waals surface area contributed by atoms with E-state index in [1.54, 1.807) is 25.1 Å². The average Bonchev–Trinajstić information content (AvgIpc) is 2.55. The van der Waals surface area contributed by atoms with Crippen LogP contribution < -0.4 is 10.1 Å². The zero-order valence-electron chi connectivity index (χ0n) is 14.6. The van der Waals surface area contributed by atoms with E-state index in [1.165, 1.54) is 5.56 Å². The van der Waals surface area contributed by atoms with Crippen LogP contribution in [0.3, 0.4) is 0 Å². The van der Waals surface area contributed by atoms with Gasteiger partial charge in [0.15, 0.2) is 6.10 Å². The molecular weight excluding hydrogens is 359 g/mol. The lowest BCUT2D eigenvalue weighted by Gasteiger charge is -2.17. The average molecular weight is 381 g/mol. The second kappa shape index (κ2) is 9.09. The molecule has 0 radical (unpaired) electrons. The SMILES string of the molecule is CC(Oc1ccc(Cl)cc1Cl)C(=O)NCc1ccccc1CN(C)C. The second-order valence-electron chi connectivity index (χ2n) is 6.06. The van der Waals surface area contributed by atoms with Gasteiger partial charge in [-0.2, -0.15) is 0 Å². The molecule has 1 N–H and O–H groups in total. The molecule has 2 aromatic carbocycles. The first-order valence-corrected chi connectivity index (χ1v) is 8.73. The van der Waals surface area contributed by atoms with Gasteiger partial charge in [0.25, 0.3) is 5.91 Å². The summed E-state index contributed by atoms with van der Waals surface area (Å²) in [7, 11) is 4.03. The van der Waals surface area contributed by atoms with Crippen LogP contribution in [0.5, 0.6) is 5.75 Å². The van der Waals surface area contributed by atoms with E-state index in [0.29, 0.717) is 22.3 Å². The summed E-state index contributed by atoms with van der Waals surface area (Å²) in [6.45, 7) is 2.95. The maximum absolute atomic E-state index is 12.3. The minimum absolute atomic E-state index is 0.203. The highest BCUT2D eigenvalue weighted by molar-refractivity contribution is 6.35. The van der Waals surface area contributed by atoms with Crippen molar-refractivity contribution in [1.82, 2.24) is 10.2 Å². The molecule has 0 aliphatic rings. The van der Waals surface area contributed by atoms with Crippen molar-refractivity contribution in [3.8, 4) is 5.75 Å². The first kappa shape index (κ1) is 19.6. The Bertz CT molecular complexity index is 735. The van der Waals surface area contributed by atoms with Gasteiger partial charge in [0.1, 0.15) is 5.75 Å². The van der Waals surface area contributed by atoms with Crippen molar-refractivity contribution < 1.29 is 9.53 Å². The predicted octanol–water partition coefficient (Wildman–Crippen LogP) is 4.14. The Morgan fingerprint density at radius 1 is 1.16 bits per heavy atom. The number of halogens is 2. The fourth-order valence-corrected chi connectivity index (χ4v) is 2.82. The molecule has 2 rings (SSSR count). The van der Waals surface area contributed by atoms with Gasteiger partial charge in [-0.3, -0.25) is 4.79 Å². The zero-order chi connectivity index (χ0) is 18.4. The lowest BCUT2D eigenvalue weighted by Crippen LogP contribution is -2.36. The van der Waals surface area contributed by atoms with Crippen LogP contribution in [0, 0.1) is 0 Å². The van der Waals surface area contributed by atoms with Crippen LogP contribution in [0.2, 0.25) is 10.0 Å². The molecule has 0 saturated heterocycles. The number of carbonyl (C=O) groups is 1. The van der Waals surface area contributed by atoms with E-state index in [-0.39, 0.29) is 5.91 Å². The third-order valence-corrected chi connectivity index (χ3v) is 4.16. The maximum Gasteiger partial charge on any atom is 0.261 e. The molecule has 1 amide bonds. The number of rotatable bonds is 7. The van der Waals surface area contributed by atoms with E-state index >= 15 is 0 Å². The van der Waals surface area contributed by atoms with Gasteiger partial charge in [-0.1, -0.05) is 47.5 Å². The quantitative estimate of drug-likeness (QED) is 0.784. The molecule has 0 fully saturated rings. The Kier molecular flexibility index (Phi) is 7.12. The Morgan fingerprint density at radius 3 is 2.48 bits per heavy atom. The van der Waals surface area contributed by atoms with Crippen LogP contribution in [-0.2, 0) is 17.9 Å². The van der Waals surface area contributed by atoms with Gasteiger partial charge in [-0.15, -0.1) is 0 Å². The van der Waals surface area contributed by atoms with Crippen LogP contribution in [0.1, 0.15) is 18.1 Å². The summed E-state index contributed by atoms with van der Waals surface area (Å²) >= 11 is 11.9. The third kappa shape index (κ3) is 5.92. The van der Waals surface area contributed by atoms with Crippen LogP contribution in [0.15, 0.2) is 42.5 Å². The molecule has 0 saturated carbocycles. The molecule has 1 unspecified atom stereocenters. The van der Waals surface area contributed by atoms with Crippen molar-refractivity contribution in [3.05, 3.63) is 63.6 Å². The monoisotopic (exact) mass is 380 g/mol. The molecule has 0 spiro atoms. The molecule has 2 aromatic rings. The van der Waals surface area contributed by atoms with Crippen molar-refractivity contribution in [3.63, 3.8) is 0 Å². The fourth-order valence-electron chi connectivity index (χ4n) is 2.37. The van der Waals surface area contributed by atoms with Gasteiger partial charge in [-0.05, 0) is 50.3 Å². The minimum atomic E-state index is -0.667. The summed E-state index contributed by atoms with van der Waals surface area (Å²) < 4.78 is 5.63. The van der Waals surface area contributed by atoms with E-state index in [4.69, 9.17) is 27.9 Å². The van der Waals surface area contributed by atoms with Crippen molar-refractivity contribution >= 4 is 29.1 Å². The first-order chi connectivity index (χ1) is 11.9. The zero-order valence-corrected chi connectivity index (χ0v) is 16.1. The molecule has 0 aliphatic carbocycles. The van der Waals surface area contributed by atoms with E-state index in [0.717, 1.165) is 12.1 Å². The van der Waals surface area contributed by atoms with Gasteiger partial charge < -0.3 is 15.0 Å². The highest BCUT2D eigenvalue weighted by Crippen LogP contribution is 2.28. The Morgan fingerprint density at radius 2 is 1.84 bits per heavy atom. The molecule has 0 heterocycles. The molecule has 4 nitrogen and oxygen atoms in total. The minimum Gasteiger partial charge on any atom is -0.479 e. The number of hydrogen-bond donors (Lipinski definition) is 1. The lowest BCUT2D eigenvalue weighted by atomic mass is 10.1. The van der Waals surface area contributed by atoms with Crippen LogP contribution in [-0.4, -0.2) is 31.0 Å². The van der Waals surface area contributed by atoms with Crippen molar-refractivity contribution in [1.29, 1.82) is 0 Å². The Hall–Kier alpha value is -1.75. The molecule has 0 aliphatic heterocycles.